The van der Waals surface area contributed by atoms with Gasteiger partial charge in [-0.1, -0.05) is 12.1 Å². The third kappa shape index (κ3) is 4.01. The average Bonchev–Trinajstić information content (AvgIpc) is 3.16. The van der Waals surface area contributed by atoms with Gasteiger partial charge in [-0.3, -0.25) is 14.5 Å². The lowest BCUT2D eigenvalue weighted by Crippen LogP contribution is -2.51. The molecule has 152 valence electrons. The van der Waals surface area contributed by atoms with Gasteiger partial charge in [0.05, 0.1) is 23.2 Å². The van der Waals surface area contributed by atoms with Crippen molar-refractivity contribution in [2.45, 2.75) is 25.3 Å². The Hall–Kier alpha value is -2.03. The Labute approximate surface area is 178 Å². The number of hydrogen-bond acceptors (Lipinski definition) is 6. The van der Waals surface area contributed by atoms with Crippen LogP contribution < -0.4 is 0 Å². The molecule has 8 heteroatoms. The van der Waals surface area contributed by atoms with Gasteiger partial charge >= 0.3 is 0 Å². The van der Waals surface area contributed by atoms with E-state index in [1.54, 1.807) is 27.7 Å². The number of nitrogens with zero attached hydrogens (tertiary/aromatic N) is 4. The Morgan fingerprint density at radius 2 is 1.79 bits per heavy atom. The van der Waals surface area contributed by atoms with E-state index >= 15 is 0 Å². The molecule has 2 fully saturated rings. The summed E-state index contributed by atoms with van der Waals surface area (Å²) in [7, 11) is 0. The average molecular weight is 429 g/mol. The first kappa shape index (κ1) is 19.0. The van der Waals surface area contributed by atoms with Crippen molar-refractivity contribution in [3.63, 3.8) is 0 Å². The standard InChI is InChI=1S/C21H24N4O2S2/c26-20(14-23-7-9-24(10-8-23)21(27)15-5-6-15)25-17(19-4-2-12-29-19)13-16(22-25)18-3-1-11-28-18/h1-4,11-12,15,17H,5-10,13-14H2. The van der Waals surface area contributed by atoms with Gasteiger partial charge in [0.25, 0.3) is 5.91 Å². The molecule has 1 unspecified atom stereocenters. The first-order valence-electron chi connectivity index (χ1n) is 10.2. The first-order valence-corrected chi connectivity index (χ1v) is 11.9. The predicted molar refractivity (Wildman–Crippen MR) is 115 cm³/mol. The van der Waals surface area contributed by atoms with Gasteiger partial charge in [0.1, 0.15) is 0 Å². The van der Waals surface area contributed by atoms with E-state index < -0.39 is 0 Å². The van der Waals surface area contributed by atoms with E-state index in [1.807, 2.05) is 22.4 Å². The number of hydrogen-bond donors (Lipinski definition) is 0. The van der Waals surface area contributed by atoms with Crippen LogP contribution in [0.15, 0.2) is 40.1 Å². The molecule has 2 aliphatic heterocycles. The van der Waals surface area contributed by atoms with Crippen molar-refractivity contribution >= 4 is 40.2 Å². The lowest BCUT2D eigenvalue weighted by atomic mass is 10.1. The number of carbonyl (C=O) groups excluding carboxylic acids is 2. The summed E-state index contributed by atoms with van der Waals surface area (Å²) in [6, 6.07) is 8.19. The molecule has 1 saturated carbocycles. The van der Waals surface area contributed by atoms with E-state index in [2.05, 4.69) is 22.4 Å². The topological polar surface area (TPSA) is 56.2 Å². The molecule has 4 heterocycles. The van der Waals surface area contributed by atoms with E-state index in [9.17, 15) is 9.59 Å². The molecule has 0 radical (unpaired) electrons. The summed E-state index contributed by atoms with van der Waals surface area (Å²) in [6.45, 7) is 3.31. The monoisotopic (exact) mass is 428 g/mol. The minimum atomic E-state index is -0.0164. The molecule has 1 saturated heterocycles. The van der Waals surface area contributed by atoms with Crippen LogP contribution in [0, 0.1) is 5.92 Å². The maximum Gasteiger partial charge on any atom is 0.257 e. The smallest absolute Gasteiger partial charge is 0.257 e. The normalized spacial score (nSPS) is 22.8. The van der Waals surface area contributed by atoms with Crippen LogP contribution in [0.4, 0.5) is 0 Å². The maximum absolute atomic E-state index is 13.2. The molecule has 1 aliphatic carbocycles. The Morgan fingerprint density at radius 3 is 2.45 bits per heavy atom. The highest BCUT2D eigenvalue weighted by atomic mass is 32.1. The molecule has 0 spiro atoms. The van der Waals surface area contributed by atoms with E-state index in [0.29, 0.717) is 12.5 Å². The molecule has 0 bridgehead atoms. The highest BCUT2D eigenvalue weighted by molar-refractivity contribution is 7.12. The minimum Gasteiger partial charge on any atom is -0.340 e. The largest absolute Gasteiger partial charge is 0.340 e. The number of carbonyl (C=O) groups is 2. The Bertz CT molecular complexity index is 897. The molecule has 5 rings (SSSR count). The highest BCUT2D eigenvalue weighted by Crippen LogP contribution is 2.36. The van der Waals surface area contributed by atoms with Gasteiger partial charge in [0, 0.05) is 43.4 Å². The molecule has 2 aromatic rings. The second kappa shape index (κ2) is 8.01. The fourth-order valence-electron chi connectivity index (χ4n) is 4.01. The SMILES string of the molecule is O=C(C1CC1)N1CCN(CC(=O)N2N=C(c3cccs3)CC2c2cccs2)CC1. The van der Waals surface area contributed by atoms with Crippen molar-refractivity contribution in [3.8, 4) is 0 Å². The molecule has 2 amide bonds. The van der Waals surface area contributed by atoms with Crippen LogP contribution in [-0.4, -0.2) is 65.1 Å². The highest BCUT2D eigenvalue weighted by Gasteiger charge is 2.37. The lowest BCUT2D eigenvalue weighted by molar-refractivity contribution is -0.136. The van der Waals surface area contributed by atoms with E-state index in [-0.39, 0.29) is 17.9 Å². The number of rotatable bonds is 5. The fourth-order valence-corrected chi connectivity index (χ4v) is 5.55. The minimum absolute atomic E-state index is 0.0164. The third-order valence-electron chi connectivity index (χ3n) is 5.81. The fraction of sp³-hybridized carbons (Fsp3) is 0.476. The zero-order chi connectivity index (χ0) is 19.8. The molecular weight excluding hydrogens is 404 g/mol. The van der Waals surface area contributed by atoms with Crippen molar-refractivity contribution in [3.05, 3.63) is 44.8 Å². The summed E-state index contributed by atoms with van der Waals surface area (Å²) >= 11 is 3.34. The Morgan fingerprint density at radius 1 is 1.03 bits per heavy atom. The predicted octanol–water partition coefficient (Wildman–Crippen LogP) is 3.04. The van der Waals surface area contributed by atoms with Gasteiger partial charge in [-0.2, -0.15) is 5.10 Å². The summed E-state index contributed by atoms with van der Waals surface area (Å²) in [6.07, 6.45) is 2.85. The Balaban J connectivity index is 1.25. The second-order valence-corrected chi connectivity index (χ2v) is 9.80. The number of piperazine rings is 1. The van der Waals surface area contributed by atoms with Crippen molar-refractivity contribution < 1.29 is 9.59 Å². The van der Waals surface area contributed by atoms with Crippen LogP contribution in [0.25, 0.3) is 0 Å². The molecule has 29 heavy (non-hydrogen) atoms. The quantitative estimate of drug-likeness (QED) is 0.736. The number of thiophene rings is 2. The molecule has 3 aliphatic rings. The van der Waals surface area contributed by atoms with Gasteiger partial charge in [-0.25, -0.2) is 5.01 Å². The molecule has 2 aromatic heterocycles. The molecule has 6 nitrogen and oxygen atoms in total. The van der Waals surface area contributed by atoms with Crippen LogP contribution in [-0.2, 0) is 9.59 Å². The van der Waals surface area contributed by atoms with Crippen molar-refractivity contribution in [2.24, 2.45) is 11.0 Å². The first-order chi connectivity index (χ1) is 14.2. The van der Waals surface area contributed by atoms with Crippen LogP contribution in [0.3, 0.4) is 0 Å². The lowest BCUT2D eigenvalue weighted by Gasteiger charge is -2.35. The van der Waals surface area contributed by atoms with Crippen molar-refractivity contribution in [1.29, 1.82) is 0 Å². The number of amides is 2. The van der Waals surface area contributed by atoms with Crippen molar-refractivity contribution in [2.75, 3.05) is 32.7 Å². The van der Waals surface area contributed by atoms with Crippen molar-refractivity contribution in [1.82, 2.24) is 14.8 Å². The molecule has 0 aromatic carbocycles. The maximum atomic E-state index is 13.2. The molecular formula is C21H24N4O2S2. The summed E-state index contributed by atoms with van der Waals surface area (Å²) in [5, 5.41) is 10.5. The van der Waals surface area contributed by atoms with E-state index in [4.69, 9.17) is 5.10 Å². The van der Waals surface area contributed by atoms with Crippen LogP contribution in [0.5, 0.6) is 0 Å². The van der Waals surface area contributed by atoms with Gasteiger partial charge in [-0.15, -0.1) is 22.7 Å². The van der Waals surface area contributed by atoms with Crippen LogP contribution in [0.2, 0.25) is 0 Å². The third-order valence-corrected chi connectivity index (χ3v) is 7.70. The summed E-state index contributed by atoms with van der Waals surface area (Å²) < 4.78 is 0. The van der Waals surface area contributed by atoms with Gasteiger partial charge in [0.15, 0.2) is 0 Å². The van der Waals surface area contributed by atoms with E-state index in [0.717, 1.165) is 56.0 Å². The van der Waals surface area contributed by atoms with Gasteiger partial charge in [-0.05, 0) is 35.7 Å². The molecule has 1 atom stereocenters. The zero-order valence-corrected chi connectivity index (χ0v) is 17.8. The van der Waals surface area contributed by atoms with Gasteiger partial charge < -0.3 is 4.90 Å². The Kier molecular flexibility index (Phi) is 5.24. The summed E-state index contributed by atoms with van der Waals surface area (Å²) in [4.78, 5) is 31.8. The summed E-state index contributed by atoms with van der Waals surface area (Å²) in [5.74, 6) is 0.611. The van der Waals surface area contributed by atoms with E-state index in [1.165, 1.54) is 4.88 Å². The zero-order valence-electron chi connectivity index (χ0n) is 16.2. The molecule has 0 N–H and O–H groups in total. The van der Waals surface area contributed by atoms with Crippen LogP contribution >= 0.6 is 22.7 Å². The number of hydrazone groups is 1. The van der Waals surface area contributed by atoms with Crippen LogP contribution in [0.1, 0.15) is 35.1 Å². The second-order valence-electron chi connectivity index (χ2n) is 7.87. The van der Waals surface area contributed by atoms with Gasteiger partial charge in [0.2, 0.25) is 5.91 Å². The summed E-state index contributed by atoms with van der Waals surface area (Å²) in [5.41, 5.74) is 0.992.